The Labute approximate surface area is 189 Å². The lowest BCUT2D eigenvalue weighted by Gasteiger charge is -2.40. The number of methoxy groups -OCH3 is 3. The molecule has 0 aliphatic carbocycles. The van der Waals surface area contributed by atoms with Crippen LogP contribution >= 0.6 is 0 Å². The molecule has 32 heavy (non-hydrogen) atoms. The smallest absolute Gasteiger partial charge is 0.254 e. The van der Waals surface area contributed by atoms with Crippen LogP contribution in [0.3, 0.4) is 0 Å². The average molecular weight is 441 g/mol. The summed E-state index contributed by atoms with van der Waals surface area (Å²) in [5, 5.41) is 3.07. The van der Waals surface area contributed by atoms with Crippen LogP contribution in [-0.4, -0.2) is 51.6 Å². The molecule has 0 saturated carbocycles. The summed E-state index contributed by atoms with van der Waals surface area (Å²) >= 11 is 0. The van der Waals surface area contributed by atoms with Gasteiger partial charge < -0.3 is 24.4 Å². The summed E-state index contributed by atoms with van der Waals surface area (Å²) in [6.07, 6.45) is 0.874. The van der Waals surface area contributed by atoms with E-state index in [-0.39, 0.29) is 11.8 Å². The third-order valence-electron chi connectivity index (χ3n) is 5.94. The molecule has 2 aromatic carbocycles. The second-order valence-electron chi connectivity index (χ2n) is 8.38. The van der Waals surface area contributed by atoms with E-state index in [4.69, 9.17) is 14.2 Å². The first-order valence-electron chi connectivity index (χ1n) is 10.8. The van der Waals surface area contributed by atoms with Crippen molar-refractivity contribution in [1.29, 1.82) is 0 Å². The number of nitrogens with one attached hydrogen (secondary N) is 1. The van der Waals surface area contributed by atoms with E-state index < -0.39 is 12.0 Å². The van der Waals surface area contributed by atoms with E-state index in [1.54, 1.807) is 38.3 Å². The van der Waals surface area contributed by atoms with Crippen LogP contribution in [0.2, 0.25) is 0 Å². The summed E-state index contributed by atoms with van der Waals surface area (Å²) in [4.78, 5) is 28.5. The van der Waals surface area contributed by atoms with Crippen molar-refractivity contribution in [2.75, 3.05) is 34.9 Å². The maximum Gasteiger partial charge on any atom is 0.254 e. The van der Waals surface area contributed by atoms with Crippen LogP contribution in [0.15, 0.2) is 36.4 Å². The van der Waals surface area contributed by atoms with Crippen molar-refractivity contribution in [3.63, 3.8) is 0 Å². The Morgan fingerprint density at radius 3 is 2.22 bits per heavy atom. The molecule has 0 radical (unpaired) electrons. The monoisotopic (exact) mass is 440 g/mol. The van der Waals surface area contributed by atoms with Crippen LogP contribution in [0.4, 0.5) is 0 Å². The number of hydrogen-bond donors (Lipinski definition) is 1. The van der Waals surface area contributed by atoms with Crippen LogP contribution < -0.4 is 19.5 Å². The van der Waals surface area contributed by atoms with E-state index in [0.29, 0.717) is 40.8 Å². The third kappa shape index (κ3) is 4.52. The van der Waals surface area contributed by atoms with Gasteiger partial charge in [0, 0.05) is 19.2 Å². The summed E-state index contributed by atoms with van der Waals surface area (Å²) in [5.74, 6) is 1.22. The van der Waals surface area contributed by atoms with Crippen molar-refractivity contribution in [1.82, 2.24) is 10.2 Å². The first-order chi connectivity index (χ1) is 15.3. The number of fused-ring (bicyclic) bond motifs is 1. The molecule has 0 aromatic heterocycles. The summed E-state index contributed by atoms with van der Waals surface area (Å²) in [6.45, 7) is 4.81. The van der Waals surface area contributed by atoms with Gasteiger partial charge in [0.05, 0.1) is 33.3 Å². The van der Waals surface area contributed by atoms with Crippen molar-refractivity contribution in [2.24, 2.45) is 5.92 Å². The Bertz CT molecular complexity index is 971. The molecule has 0 saturated heterocycles. The van der Waals surface area contributed by atoms with Gasteiger partial charge in [-0.2, -0.15) is 0 Å². The van der Waals surface area contributed by atoms with Crippen molar-refractivity contribution in [3.8, 4) is 17.2 Å². The number of carbonyl (C=O) groups is 2. The molecule has 1 aliphatic rings. The molecule has 0 spiro atoms. The summed E-state index contributed by atoms with van der Waals surface area (Å²) in [5.41, 5.74) is 1.93. The summed E-state index contributed by atoms with van der Waals surface area (Å²) in [6, 6.07) is 10.4. The fraction of sp³-hybridized carbons (Fsp3) is 0.440. The normalized spacial score (nSPS) is 17.7. The largest absolute Gasteiger partial charge is 0.497 e. The first kappa shape index (κ1) is 23.4. The van der Waals surface area contributed by atoms with E-state index in [2.05, 4.69) is 19.2 Å². The minimum atomic E-state index is -0.604. The predicted molar refractivity (Wildman–Crippen MR) is 123 cm³/mol. The van der Waals surface area contributed by atoms with Crippen molar-refractivity contribution in [2.45, 2.75) is 32.2 Å². The highest BCUT2D eigenvalue weighted by Crippen LogP contribution is 2.45. The van der Waals surface area contributed by atoms with Crippen molar-refractivity contribution in [3.05, 3.63) is 53.1 Å². The van der Waals surface area contributed by atoms with Gasteiger partial charge in [-0.15, -0.1) is 0 Å². The van der Waals surface area contributed by atoms with Gasteiger partial charge in [0.2, 0.25) is 5.91 Å². The van der Waals surface area contributed by atoms with Gasteiger partial charge in [-0.3, -0.25) is 9.59 Å². The molecule has 1 heterocycles. The molecule has 1 aliphatic heterocycles. The molecule has 3 rings (SSSR count). The number of nitrogens with zero attached hydrogens (tertiary/aromatic N) is 1. The van der Waals surface area contributed by atoms with Gasteiger partial charge in [0.15, 0.2) is 11.5 Å². The van der Waals surface area contributed by atoms with E-state index in [1.165, 1.54) is 7.11 Å². The van der Waals surface area contributed by atoms with E-state index in [9.17, 15) is 9.59 Å². The lowest BCUT2D eigenvalue weighted by molar-refractivity contribution is -0.124. The van der Waals surface area contributed by atoms with Crippen LogP contribution in [0, 0.1) is 5.92 Å². The molecule has 172 valence electrons. The topological polar surface area (TPSA) is 77.1 Å². The van der Waals surface area contributed by atoms with Crippen LogP contribution in [0.5, 0.6) is 17.2 Å². The SMILES string of the molecule is COc1ccc([C@@H]2[C@@H](C(=O)NCCC(C)C)c3cc(OC)c(OC)cc3C(=O)N2C)cc1. The molecular formula is C25H32N2O5. The Morgan fingerprint density at radius 2 is 1.66 bits per heavy atom. The number of likely N-dealkylation sites (N-methyl/N-ethyl adjacent to an activating group) is 1. The molecule has 1 N–H and O–H groups in total. The molecule has 2 amide bonds. The standard InChI is InChI=1S/C25H32N2O5/c1-15(2)11-12-26-24(28)22-18-13-20(31-5)21(32-6)14-19(18)25(29)27(3)23(22)16-7-9-17(30-4)10-8-16/h7-10,13-15,22-23H,11-12H2,1-6H3,(H,26,28)/t22-,23+/m0/s1. The molecule has 2 aromatic rings. The quantitative estimate of drug-likeness (QED) is 0.676. The van der Waals surface area contributed by atoms with E-state index in [1.807, 2.05) is 24.3 Å². The van der Waals surface area contributed by atoms with Crippen LogP contribution in [0.25, 0.3) is 0 Å². The number of ether oxygens (including phenoxy) is 3. The molecule has 2 atom stereocenters. The van der Waals surface area contributed by atoms with Gasteiger partial charge in [-0.05, 0) is 47.7 Å². The molecular weight excluding hydrogens is 408 g/mol. The second-order valence-corrected chi connectivity index (χ2v) is 8.38. The number of rotatable bonds is 8. The third-order valence-corrected chi connectivity index (χ3v) is 5.94. The van der Waals surface area contributed by atoms with Crippen molar-refractivity contribution >= 4 is 11.8 Å². The Hall–Kier alpha value is -3.22. The Kier molecular flexibility index (Phi) is 7.28. The zero-order valence-corrected chi connectivity index (χ0v) is 19.6. The van der Waals surface area contributed by atoms with Gasteiger partial charge in [0.25, 0.3) is 5.91 Å². The molecule has 0 fully saturated rings. The highest BCUT2D eigenvalue weighted by molar-refractivity contribution is 6.02. The minimum Gasteiger partial charge on any atom is -0.497 e. The maximum atomic E-state index is 13.5. The molecule has 0 unspecified atom stereocenters. The number of carbonyl (C=O) groups excluding carboxylic acids is 2. The van der Waals surface area contributed by atoms with E-state index >= 15 is 0 Å². The lowest BCUT2D eigenvalue weighted by atomic mass is 9.79. The molecule has 7 nitrogen and oxygen atoms in total. The number of amides is 2. The predicted octanol–water partition coefficient (Wildman–Crippen LogP) is 3.79. The summed E-state index contributed by atoms with van der Waals surface area (Å²) < 4.78 is 16.2. The maximum absolute atomic E-state index is 13.5. The molecule has 7 heteroatoms. The van der Waals surface area contributed by atoms with Gasteiger partial charge in [0.1, 0.15) is 5.75 Å². The highest BCUT2D eigenvalue weighted by Gasteiger charge is 2.43. The summed E-state index contributed by atoms with van der Waals surface area (Å²) in [7, 11) is 6.40. The molecule has 0 bridgehead atoms. The van der Waals surface area contributed by atoms with E-state index in [0.717, 1.165) is 12.0 Å². The minimum absolute atomic E-state index is 0.126. The van der Waals surface area contributed by atoms with Gasteiger partial charge in [-0.1, -0.05) is 26.0 Å². The van der Waals surface area contributed by atoms with Crippen LogP contribution in [-0.2, 0) is 4.79 Å². The van der Waals surface area contributed by atoms with Gasteiger partial charge in [-0.25, -0.2) is 0 Å². The second kappa shape index (κ2) is 9.94. The Morgan fingerprint density at radius 1 is 1.03 bits per heavy atom. The zero-order chi connectivity index (χ0) is 23.4. The fourth-order valence-electron chi connectivity index (χ4n) is 4.14. The fourth-order valence-corrected chi connectivity index (χ4v) is 4.14. The Balaban J connectivity index is 2.12. The van der Waals surface area contributed by atoms with Gasteiger partial charge >= 0.3 is 0 Å². The average Bonchev–Trinajstić information content (AvgIpc) is 2.80. The van der Waals surface area contributed by atoms with Crippen molar-refractivity contribution < 1.29 is 23.8 Å². The lowest BCUT2D eigenvalue weighted by Crippen LogP contribution is -2.46. The highest BCUT2D eigenvalue weighted by atomic mass is 16.5. The van der Waals surface area contributed by atoms with Crippen LogP contribution in [0.1, 0.15) is 53.7 Å². The number of benzene rings is 2. The first-order valence-corrected chi connectivity index (χ1v) is 10.8. The zero-order valence-electron chi connectivity index (χ0n) is 19.6. The number of hydrogen-bond acceptors (Lipinski definition) is 5.